The molecule has 1 aromatic heterocycles. The number of carbonyl (C=O) groups is 1. The predicted molar refractivity (Wildman–Crippen MR) is 74.6 cm³/mol. The summed E-state index contributed by atoms with van der Waals surface area (Å²) in [7, 11) is 0. The summed E-state index contributed by atoms with van der Waals surface area (Å²) in [4.78, 5) is 35.7. The second-order valence-corrected chi connectivity index (χ2v) is 5.04. The average molecular weight is 273 g/mol. The minimum absolute atomic E-state index is 0.0894. The molecule has 1 heterocycles. The molecule has 1 aliphatic carbocycles. The van der Waals surface area contributed by atoms with Crippen LogP contribution in [0.15, 0.2) is 33.9 Å². The number of aromatic nitrogens is 2. The predicted octanol–water partition coefficient (Wildman–Crippen LogP) is 0.358. The number of benzene rings is 1. The first-order valence-electron chi connectivity index (χ1n) is 6.66. The van der Waals surface area contributed by atoms with Gasteiger partial charge in [0.05, 0.1) is 17.3 Å². The van der Waals surface area contributed by atoms with Crippen LogP contribution in [0.4, 0.5) is 0 Å². The van der Waals surface area contributed by atoms with E-state index in [4.69, 9.17) is 0 Å². The number of aryl methyl sites for hydroxylation is 1. The van der Waals surface area contributed by atoms with Crippen molar-refractivity contribution < 1.29 is 4.79 Å². The summed E-state index contributed by atoms with van der Waals surface area (Å²) in [6.07, 6.45) is 2.24. The largest absolute Gasteiger partial charge is 0.353 e. The minimum atomic E-state index is -0.317. The van der Waals surface area contributed by atoms with E-state index in [0.29, 0.717) is 16.8 Å². The van der Waals surface area contributed by atoms with Crippen molar-refractivity contribution in [3.05, 3.63) is 45.0 Å². The Morgan fingerprint density at radius 1 is 1.25 bits per heavy atom. The number of H-pyrrole nitrogens is 1. The highest BCUT2D eigenvalue weighted by atomic mass is 16.2. The quantitative estimate of drug-likeness (QED) is 0.843. The molecule has 1 aromatic carbocycles. The van der Waals surface area contributed by atoms with E-state index in [1.165, 1.54) is 4.68 Å². The zero-order valence-electron chi connectivity index (χ0n) is 10.9. The number of fused-ring (bicyclic) bond motifs is 1. The standard InChI is InChI=1S/C14H15N3O3/c18-12(15-9-5-6-9)7-8-17-14(20)11-4-2-1-3-10(11)13(19)16-17/h1-4,9H,5-8H2,(H,15,18)(H,16,19). The van der Waals surface area contributed by atoms with Crippen LogP contribution in [-0.4, -0.2) is 21.7 Å². The van der Waals surface area contributed by atoms with Crippen LogP contribution in [0.5, 0.6) is 0 Å². The summed E-state index contributed by atoms with van der Waals surface area (Å²) in [5.41, 5.74) is -0.595. The van der Waals surface area contributed by atoms with Crippen LogP contribution in [0.25, 0.3) is 10.8 Å². The lowest BCUT2D eigenvalue weighted by molar-refractivity contribution is -0.121. The highest BCUT2D eigenvalue weighted by Crippen LogP contribution is 2.18. The third kappa shape index (κ3) is 2.49. The van der Waals surface area contributed by atoms with E-state index in [9.17, 15) is 14.4 Å². The summed E-state index contributed by atoms with van der Waals surface area (Å²) in [5.74, 6) is -0.0894. The van der Waals surface area contributed by atoms with E-state index in [1.54, 1.807) is 24.3 Å². The molecule has 1 fully saturated rings. The average Bonchev–Trinajstić information content (AvgIpc) is 3.25. The SMILES string of the molecule is O=C(CCn1[nH]c(=O)c2ccccc2c1=O)NC1CC1. The van der Waals surface area contributed by atoms with E-state index in [0.717, 1.165) is 12.8 Å². The first-order chi connectivity index (χ1) is 9.65. The van der Waals surface area contributed by atoms with E-state index in [1.807, 2.05) is 0 Å². The molecule has 0 atom stereocenters. The lowest BCUT2D eigenvalue weighted by Crippen LogP contribution is -2.33. The molecule has 104 valence electrons. The fourth-order valence-electron chi connectivity index (χ4n) is 2.14. The van der Waals surface area contributed by atoms with Crippen molar-refractivity contribution in [2.45, 2.75) is 31.8 Å². The molecule has 1 saturated carbocycles. The summed E-state index contributed by atoms with van der Waals surface area (Å²) >= 11 is 0. The molecule has 0 unspecified atom stereocenters. The maximum absolute atomic E-state index is 12.2. The Balaban J connectivity index is 1.84. The topological polar surface area (TPSA) is 84.0 Å². The van der Waals surface area contributed by atoms with Gasteiger partial charge in [0.15, 0.2) is 0 Å². The molecule has 6 nitrogen and oxygen atoms in total. The van der Waals surface area contributed by atoms with Gasteiger partial charge in [0.2, 0.25) is 5.91 Å². The molecule has 0 aliphatic heterocycles. The van der Waals surface area contributed by atoms with Gasteiger partial charge in [-0.2, -0.15) is 0 Å². The first-order valence-corrected chi connectivity index (χ1v) is 6.66. The normalized spacial score (nSPS) is 14.4. The number of carbonyl (C=O) groups excluding carboxylic acids is 1. The smallest absolute Gasteiger partial charge is 0.273 e. The van der Waals surface area contributed by atoms with Crippen LogP contribution >= 0.6 is 0 Å². The number of rotatable bonds is 4. The molecule has 0 radical (unpaired) electrons. The van der Waals surface area contributed by atoms with Gasteiger partial charge in [0, 0.05) is 12.5 Å². The van der Waals surface area contributed by atoms with Gasteiger partial charge in [-0.3, -0.25) is 19.5 Å². The van der Waals surface area contributed by atoms with E-state index in [-0.39, 0.29) is 30.0 Å². The maximum Gasteiger partial charge on any atom is 0.273 e. The third-order valence-corrected chi connectivity index (χ3v) is 3.39. The molecule has 0 spiro atoms. The molecule has 1 aliphatic rings. The van der Waals surface area contributed by atoms with Gasteiger partial charge in [-0.25, -0.2) is 4.68 Å². The van der Waals surface area contributed by atoms with Gasteiger partial charge in [-0.15, -0.1) is 0 Å². The second-order valence-electron chi connectivity index (χ2n) is 5.04. The van der Waals surface area contributed by atoms with Crippen LogP contribution in [-0.2, 0) is 11.3 Å². The van der Waals surface area contributed by atoms with Crippen LogP contribution in [0.2, 0.25) is 0 Å². The van der Waals surface area contributed by atoms with E-state index < -0.39 is 0 Å². The molecule has 6 heteroatoms. The fourth-order valence-corrected chi connectivity index (χ4v) is 2.14. The molecular formula is C14H15N3O3. The summed E-state index contributed by atoms with van der Waals surface area (Å²) < 4.78 is 1.21. The Morgan fingerprint density at radius 3 is 2.65 bits per heavy atom. The van der Waals surface area contributed by atoms with Gasteiger partial charge in [-0.1, -0.05) is 12.1 Å². The van der Waals surface area contributed by atoms with Crippen LogP contribution in [0.3, 0.4) is 0 Å². The van der Waals surface area contributed by atoms with Crippen LogP contribution < -0.4 is 16.4 Å². The molecule has 20 heavy (non-hydrogen) atoms. The zero-order valence-corrected chi connectivity index (χ0v) is 10.9. The van der Waals surface area contributed by atoms with Crippen molar-refractivity contribution in [2.75, 3.05) is 0 Å². The highest BCUT2D eigenvalue weighted by Gasteiger charge is 2.22. The molecule has 0 saturated heterocycles. The lowest BCUT2D eigenvalue weighted by atomic mass is 10.2. The third-order valence-electron chi connectivity index (χ3n) is 3.39. The number of hydrogen-bond donors (Lipinski definition) is 2. The molecular weight excluding hydrogens is 258 g/mol. The number of amides is 1. The van der Waals surface area contributed by atoms with Gasteiger partial charge < -0.3 is 5.32 Å². The van der Waals surface area contributed by atoms with Crippen molar-refractivity contribution in [1.29, 1.82) is 0 Å². The molecule has 1 amide bonds. The first kappa shape index (κ1) is 12.7. The Labute approximate surface area is 114 Å². The van der Waals surface area contributed by atoms with Crippen molar-refractivity contribution in [3.8, 4) is 0 Å². The minimum Gasteiger partial charge on any atom is -0.353 e. The van der Waals surface area contributed by atoms with Crippen LogP contribution in [0, 0.1) is 0 Å². The Morgan fingerprint density at radius 2 is 1.95 bits per heavy atom. The van der Waals surface area contributed by atoms with Crippen molar-refractivity contribution in [3.63, 3.8) is 0 Å². The van der Waals surface area contributed by atoms with Crippen molar-refractivity contribution in [2.24, 2.45) is 0 Å². The van der Waals surface area contributed by atoms with E-state index >= 15 is 0 Å². The zero-order chi connectivity index (χ0) is 14.1. The van der Waals surface area contributed by atoms with Crippen molar-refractivity contribution >= 4 is 16.7 Å². The van der Waals surface area contributed by atoms with Crippen LogP contribution in [0.1, 0.15) is 19.3 Å². The second kappa shape index (κ2) is 4.96. The summed E-state index contributed by atoms with van der Waals surface area (Å²) in [6, 6.07) is 6.96. The van der Waals surface area contributed by atoms with Gasteiger partial charge >= 0.3 is 0 Å². The number of aromatic amines is 1. The molecule has 2 aromatic rings. The number of hydrogen-bond acceptors (Lipinski definition) is 3. The fraction of sp³-hybridized carbons (Fsp3) is 0.357. The Hall–Kier alpha value is -2.37. The number of nitrogens with one attached hydrogen (secondary N) is 2. The monoisotopic (exact) mass is 273 g/mol. The Kier molecular flexibility index (Phi) is 3.14. The maximum atomic E-state index is 12.2. The molecule has 2 N–H and O–H groups in total. The van der Waals surface area contributed by atoms with E-state index in [2.05, 4.69) is 10.4 Å². The van der Waals surface area contributed by atoms with Gasteiger partial charge in [0.1, 0.15) is 0 Å². The molecule has 0 bridgehead atoms. The van der Waals surface area contributed by atoms with Crippen molar-refractivity contribution in [1.82, 2.24) is 15.1 Å². The summed E-state index contributed by atoms with van der Waals surface area (Å²) in [5, 5.41) is 6.11. The van der Waals surface area contributed by atoms with Gasteiger partial charge in [-0.05, 0) is 25.0 Å². The molecule has 3 rings (SSSR count). The summed E-state index contributed by atoms with van der Waals surface area (Å²) in [6.45, 7) is 0.178. The Bertz CT molecular complexity index is 771. The lowest BCUT2D eigenvalue weighted by Gasteiger charge is -2.07. The van der Waals surface area contributed by atoms with Gasteiger partial charge in [0.25, 0.3) is 11.1 Å². The number of nitrogens with zero attached hydrogens (tertiary/aromatic N) is 1. The highest BCUT2D eigenvalue weighted by molar-refractivity contribution is 5.80.